The molecule has 0 saturated heterocycles. The van der Waals surface area contributed by atoms with Gasteiger partial charge in [-0.05, 0) is 67.4 Å². The monoisotopic (exact) mass is 489 g/mol. The van der Waals surface area contributed by atoms with Gasteiger partial charge in [-0.1, -0.05) is 41.9 Å². The molecule has 0 atom stereocenters. The van der Waals surface area contributed by atoms with E-state index >= 15 is 0 Å². The van der Waals surface area contributed by atoms with Crippen LogP contribution in [0.2, 0.25) is 5.02 Å². The Hall–Kier alpha value is -4.28. The zero-order valence-electron chi connectivity index (χ0n) is 19.3. The van der Waals surface area contributed by atoms with Gasteiger partial charge >= 0.3 is 0 Å². The summed E-state index contributed by atoms with van der Waals surface area (Å²) in [5.41, 5.74) is 2.56. The van der Waals surface area contributed by atoms with E-state index in [0.29, 0.717) is 40.1 Å². The molecule has 0 aliphatic heterocycles. The second-order valence-corrected chi connectivity index (χ2v) is 7.84. The van der Waals surface area contributed by atoms with Gasteiger partial charge in [-0.2, -0.15) is 5.26 Å². The number of halogens is 1. The van der Waals surface area contributed by atoms with E-state index in [0.717, 1.165) is 5.56 Å². The maximum Gasteiger partial charge on any atom is 0.266 e. The van der Waals surface area contributed by atoms with Crippen molar-refractivity contribution in [3.05, 3.63) is 88.5 Å². The minimum Gasteiger partial charge on any atom is -0.490 e. The summed E-state index contributed by atoms with van der Waals surface area (Å²) in [5.74, 6) is -0.146. The van der Waals surface area contributed by atoms with Crippen molar-refractivity contribution in [3.8, 4) is 17.6 Å². The molecule has 2 N–H and O–H groups in total. The molecule has 7 nitrogen and oxygen atoms in total. The van der Waals surface area contributed by atoms with Gasteiger partial charge in [0.05, 0.1) is 6.61 Å². The van der Waals surface area contributed by atoms with Crippen LogP contribution < -0.4 is 20.1 Å². The summed E-state index contributed by atoms with van der Waals surface area (Å²) < 4.78 is 11.3. The van der Waals surface area contributed by atoms with E-state index in [-0.39, 0.29) is 18.1 Å². The average molecular weight is 490 g/mol. The number of hydrogen-bond acceptors (Lipinski definition) is 5. The number of anilines is 2. The van der Waals surface area contributed by atoms with Crippen LogP contribution in [-0.4, -0.2) is 25.0 Å². The number of ether oxygens (including phenoxy) is 2. The van der Waals surface area contributed by atoms with Crippen molar-refractivity contribution in [2.45, 2.75) is 13.8 Å². The van der Waals surface area contributed by atoms with Crippen molar-refractivity contribution in [3.63, 3.8) is 0 Å². The van der Waals surface area contributed by atoms with Crippen LogP contribution >= 0.6 is 11.6 Å². The Bertz CT molecular complexity index is 1280. The predicted octanol–water partition coefficient (Wildman–Crippen LogP) is 5.61. The normalized spacial score (nSPS) is 10.7. The van der Waals surface area contributed by atoms with Crippen molar-refractivity contribution in [2.24, 2.45) is 0 Å². The van der Waals surface area contributed by atoms with Crippen LogP contribution in [0, 0.1) is 18.3 Å². The molecule has 0 aliphatic carbocycles. The lowest BCUT2D eigenvalue weighted by Crippen LogP contribution is -2.20. The first-order valence-corrected chi connectivity index (χ1v) is 11.2. The summed E-state index contributed by atoms with van der Waals surface area (Å²) in [6.07, 6.45) is 1.46. The largest absolute Gasteiger partial charge is 0.490 e. The lowest BCUT2D eigenvalue weighted by Gasteiger charge is -2.13. The van der Waals surface area contributed by atoms with E-state index in [2.05, 4.69) is 10.6 Å². The van der Waals surface area contributed by atoms with Crippen LogP contribution in [0.4, 0.5) is 11.4 Å². The van der Waals surface area contributed by atoms with E-state index in [4.69, 9.17) is 21.1 Å². The number of hydrogen-bond donors (Lipinski definition) is 2. The number of rotatable bonds is 9. The molecule has 0 radical (unpaired) electrons. The molecule has 0 unspecified atom stereocenters. The fourth-order valence-corrected chi connectivity index (χ4v) is 3.23. The van der Waals surface area contributed by atoms with Gasteiger partial charge in [0.2, 0.25) is 0 Å². The Balaban J connectivity index is 1.70. The summed E-state index contributed by atoms with van der Waals surface area (Å²) >= 11 is 6.10. The predicted molar refractivity (Wildman–Crippen MR) is 137 cm³/mol. The van der Waals surface area contributed by atoms with Crippen molar-refractivity contribution >= 4 is 40.9 Å². The molecule has 0 aromatic heterocycles. The smallest absolute Gasteiger partial charge is 0.266 e. The second kappa shape index (κ2) is 12.3. The number of carbonyl (C=O) groups excluding carboxylic acids is 2. The van der Waals surface area contributed by atoms with Gasteiger partial charge in [0.25, 0.3) is 11.8 Å². The highest BCUT2D eigenvalue weighted by Gasteiger charge is 2.13. The van der Waals surface area contributed by atoms with Crippen LogP contribution in [0.25, 0.3) is 6.08 Å². The van der Waals surface area contributed by atoms with Crippen molar-refractivity contribution in [1.29, 1.82) is 5.26 Å². The molecule has 0 bridgehead atoms. The van der Waals surface area contributed by atoms with Crippen molar-refractivity contribution < 1.29 is 19.1 Å². The standard InChI is InChI=1S/C27H24ClN3O4/c1-3-34-25-14-19(13-20(16-29)27(33)31-21-7-5-4-6-8-21)10-12-24(25)35-17-26(32)30-22-11-9-18(2)23(28)15-22/h4-15H,3,17H2,1-2H3,(H,30,32)(H,31,33)/b20-13+. The maximum absolute atomic E-state index is 12.5. The Morgan fingerprint density at radius 1 is 0.971 bits per heavy atom. The first-order chi connectivity index (χ1) is 16.9. The number of aryl methyl sites for hydroxylation is 1. The Labute approximate surface area is 208 Å². The van der Waals surface area contributed by atoms with E-state index in [1.165, 1.54) is 6.08 Å². The van der Waals surface area contributed by atoms with Crippen LogP contribution in [0.15, 0.2) is 72.3 Å². The molecule has 0 spiro atoms. The molecule has 0 aliphatic rings. The lowest BCUT2D eigenvalue weighted by molar-refractivity contribution is -0.118. The van der Waals surface area contributed by atoms with E-state index in [1.54, 1.807) is 54.6 Å². The minimum absolute atomic E-state index is 0.0684. The molecule has 3 aromatic rings. The van der Waals surface area contributed by atoms with Gasteiger partial charge in [-0.15, -0.1) is 0 Å². The Morgan fingerprint density at radius 2 is 1.74 bits per heavy atom. The molecule has 178 valence electrons. The molecule has 0 saturated carbocycles. The van der Waals surface area contributed by atoms with Gasteiger partial charge in [0.15, 0.2) is 18.1 Å². The fourth-order valence-electron chi connectivity index (χ4n) is 3.05. The summed E-state index contributed by atoms with van der Waals surface area (Å²) in [6.45, 7) is 3.80. The number of nitrogens with one attached hydrogen (secondary N) is 2. The molecular weight excluding hydrogens is 466 g/mol. The van der Waals surface area contributed by atoms with Crippen LogP contribution in [0.5, 0.6) is 11.5 Å². The first-order valence-electron chi connectivity index (χ1n) is 10.8. The highest BCUT2D eigenvalue weighted by molar-refractivity contribution is 6.31. The molecule has 8 heteroatoms. The summed E-state index contributed by atoms with van der Waals surface area (Å²) in [5, 5.41) is 15.4. The number of para-hydroxylation sites is 1. The first kappa shape index (κ1) is 25.3. The highest BCUT2D eigenvalue weighted by atomic mass is 35.5. The second-order valence-electron chi connectivity index (χ2n) is 7.43. The Kier molecular flexibility index (Phi) is 8.88. The van der Waals surface area contributed by atoms with E-state index < -0.39 is 5.91 Å². The van der Waals surface area contributed by atoms with Gasteiger partial charge in [0.1, 0.15) is 11.6 Å². The minimum atomic E-state index is -0.523. The summed E-state index contributed by atoms with van der Waals surface area (Å²) in [4.78, 5) is 24.8. The topological polar surface area (TPSA) is 100 Å². The van der Waals surface area contributed by atoms with Gasteiger partial charge in [0, 0.05) is 16.4 Å². The SMILES string of the molecule is CCOc1cc(/C=C(\C#N)C(=O)Nc2ccccc2)ccc1OCC(=O)Nc1ccc(C)c(Cl)c1. The maximum atomic E-state index is 12.5. The fraction of sp³-hybridized carbons (Fsp3) is 0.148. The molecular formula is C27H24ClN3O4. The highest BCUT2D eigenvalue weighted by Crippen LogP contribution is 2.29. The van der Waals surface area contributed by atoms with E-state index in [1.807, 2.05) is 32.0 Å². The molecule has 2 amide bonds. The van der Waals surface area contributed by atoms with Crippen LogP contribution in [-0.2, 0) is 9.59 Å². The summed E-state index contributed by atoms with van der Waals surface area (Å²) in [7, 11) is 0. The van der Waals surface area contributed by atoms with Crippen LogP contribution in [0.1, 0.15) is 18.1 Å². The Morgan fingerprint density at radius 3 is 2.43 bits per heavy atom. The molecule has 35 heavy (non-hydrogen) atoms. The zero-order chi connectivity index (χ0) is 25.2. The number of nitrogens with zero attached hydrogens (tertiary/aromatic N) is 1. The van der Waals surface area contributed by atoms with Crippen molar-refractivity contribution in [2.75, 3.05) is 23.8 Å². The van der Waals surface area contributed by atoms with Gasteiger partial charge in [-0.3, -0.25) is 9.59 Å². The molecule has 3 aromatic carbocycles. The third-order valence-corrected chi connectivity index (χ3v) is 5.20. The molecule has 3 rings (SSSR count). The third kappa shape index (κ3) is 7.36. The van der Waals surface area contributed by atoms with Gasteiger partial charge < -0.3 is 20.1 Å². The third-order valence-electron chi connectivity index (χ3n) is 4.79. The van der Waals surface area contributed by atoms with Crippen LogP contribution in [0.3, 0.4) is 0 Å². The van der Waals surface area contributed by atoms with E-state index in [9.17, 15) is 14.9 Å². The summed E-state index contributed by atoms with van der Waals surface area (Å²) in [6, 6.07) is 21.0. The van der Waals surface area contributed by atoms with Crippen molar-refractivity contribution in [1.82, 2.24) is 0 Å². The number of carbonyl (C=O) groups is 2. The number of benzene rings is 3. The lowest BCUT2D eigenvalue weighted by atomic mass is 10.1. The van der Waals surface area contributed by atoms with Gasteiger partial charge in [-0.25, -0.2) is 0 Å². The zero-order valence-corrected chi connectivity index (χ0v) is 20.1. The number of amides is 2. The average Bonchev–Trinajstić information content (AvgIpc) is 2.85. The molecule has 0 heterocycles. The quantitative estimate of drug-likeness (QED) is 0.300. The number of nitriles is 1. The molecule has 0 fully saturated rings.